The zero-order valence-corrected chi connectivity index (χ0v) is 18.3. The molecule has 0 aliphatic carbocycles. The number of halogens is 3. The van der Waals surface area contributed by atoms with E-state index in [9.17, 15) is 38.1 Å². The third-order valence-corrected chi connectivity index (χ3v) is 4.93. The summed E-state index contributed by atoms with van der Waals surface area (Å²) in [7, 11) is 1.19. The van der Waals surface area contributed by atoms with Crippen LogP contribution in [-0.4, -0.2) is 82.0 Å². The van der Waals surface area contributed by atoms with Crippen LogP contribution < -0.4 is 16.8 Å². The number of likely N-dealkylation sites (N-methyl/N-ethyl adjacent to an activating group) is 1. The van der Waals surface area contributed by atoms with Gasteiger partial charge < -0.3 is 41.7 Å². The van der Waals surface area contributed by atoms with Crippen LogP contribution in [0.3, 0.4) is 0 Å². The molecule has 0 spiro atoms. The molecule has 34 heavy (non-hydrogen) atoms. The second kappa shape index (κ2) is 11.2. The number of nitrogens with two attached hydrogens (primary N) is 2. The molecule has 2 rings (SSSR count). The van der Waals surface area contributed by atoms with Gasteiger partial charge in [0, 0.05) is 32.1 Å². The molecular formula is C20H26F3N5O6. The number of nitrogens with zero attached hydrogens (tertiary/aromatic N) is 2. The summed E-state index contributed by atoms with van der Waals surface area (Å²) in [6.45, 7) is -0.282. The van der Waals surface area contributed by atoms with Crippen molar-refractivity contribution in [1.82, 2.24) is 10.2 Å². The Bertz CT molecular complexity index is 988. The van der Waals surface area contributed by atoms with Crippen molar-refractivity contribution < 1.29 is 42.8 Å². The molecule has 0 unspecified atom stereocenters. The first-order valence-electron chi connectivity index (χ1n) is 9.95. The van der Waals surface area contributed by atoms with E-state index in [1.807, 2.05) is 0 Å². The number of hydrogen-bond acceptors (Lipinski definition) is 7. The number of benzene rings is 1. The first-order valence-corrected chi connectivity index (χ1v) is 9.95. The fourth-order valence-electron chi connectivity index (χ4n) is 3.37. The van der Waals surface area contributed by atoms with Gasteiger partial charge in [0.15, 0.2) is 23.4 Å². The first kappa shape index (κ1) is 26.9. The number of aliphatic imine (C=N–C) groups is 1. The number of carbonyl (C=O) groups excluding carboxylic acids is 2. The topological polar surface area (TPSA) is 184 Å². The van der Waals surface area contributed by atoms with Gasteiger partial charge >= 0.3 is 0 Å². The van der Waals surface area contributed by atoms with Gasteiger partial charge in [-0.05, 0) is 12.1 Å². The average Bonchev–Trinajstić information content (AvgIpc) is 2.75. The van der Waals surface area contributed by atoms with Crippen LogP contribution in [0.25, 0.3) is 0 Å². The van der Waals surface area contributed by atoms with Crippen molar-refractivity contribution >= 4 is 17.8 Å². The minimum atomic E-state index is -1.81. The molecular weight excluding hydrogens is 463 g/mol. The van der Waals surface area contributed by atoms with Crippen LogP contribution >= 0.6 is 0 Å². The number of guanidine groups is 1. The third kappa shape index (κ3) is 6.36. The number of hydrogen-bond donors (Lipinski definition) is 6. The summed E-state index contributed by atoms with van der Waals surface area (Å²) in [4.78, 5) is 29.5. The van der Waals surface area contributed by atoms with E-state index < -0.39 is 90.1 Å². The highest BCUT2D eigenvalue weighted by atomic mass is 19.2. The quantitative estimate of drug-likeness (QED) is 0.140. The molecule has 8 N–H and O–H groups in total. The van der Waals surface area contributed by atoms with Gasteiger partial charge in [0.2, 0.25) is 5.91 Å². The first-order chi connectivity index (χ1) is 15.8. The van der Waals surface area contributed by atoms with E-state index in [4.69, 9.17) is 16.2 Å². The van der Waals surface area contributed by atoms with Gasteiger partial charge in [-0.3, -0.25) is 9.59 Å². The van der Waals surface area contributed by atoms with Crippen molar-refractivity contribution in [1.29, 1.82) is 0 Å². The molecule has 1 aromatic rings. The molecule has 1 aliphatic heterocycles. The van der Waals surface area contributed by atoms with Crippen molar-refractivity contribution in [2.45, 2.75) is 43.9 Å². The SMILES string of the molecule is CC(=O)N[C@H]1[C@H]([C@H](O)[C@H](O)CO)OC(C(=O)N(C)Cc2cc(F)cc(F)c2F)=C[C@@H]1N=C(N)N. The lowest BCUT2D eigenvalue weighted by atomic mass is 9.92. The molecule has 1 aliphatic rings. The molecule has 0 bridgehead atoms. The lowest BCUT2D eigenvalue weighted by Gasteiger charge is -2.39. The number of rotatable bonds is 8. The monoisotopic (exact) mass is 489 g/mol. The third-order valence-electron chi connectivity index (χ3n) is 4.93. The largest absolute Gasteiger partial charge is 0.480 e. The summed E-state index contributed by atoms with van der Waals surface area (Å²) in [6.07, 6.45) is -3.93. The minimum absolute atomic E-state index is 0.355. The summed E-state index contributed by atoms with van der Waals surface area (Å²) in [5.74, 6) is -6.23. The van der Waals surface area contributed by atoms with Crippen LogP contribution in [0.4, 0.5) is 13.2 Å². The van der Waals surface area contributed by atoms with Crippen LogP contribution in [0.1, 0.15) is 12.5 Å². The maximum absolute atomic E-state index is 14.0. The summed E-state index contributed by atoms with van der Waals surface area (Å²) in [6, 6.07) is -1.26. The molecule has 1 heterocycles. The molecule has 1 aromatic carbocycles. The molecule has 14 heteroatoms. The van der Waals surface area contributed by atoms with E-state index in [1.165, 1.54) is 7.05 Å². The number of amides is 2. The van der Waals surface area contributed by atoms with Gasteiger partial charge in [0.25, 0.3) is 5.91 Å². The van der Waals surface area contributed by atoms with Crippen LogP contribution in [-0.2, 0) is 20.9 Å². The predicted octanol–water partition coefficient (Wildman–Crippen LogP) is -1.79. The Morgan fingerprint density at radius 1 is 1.26 bits per heavy atom. The van der Waals surface area contributed by atoms with Gasteiger partial charge in [-0.15, -0.1) is 0 Å². The zero-order chi connectivity index (χ0) is 25.7. The summed E-state index contributed by atoms with van der Waals surface area (Å²) in [5.41, 5.74) is 10.4. The average molecular weight is 489 g/mol. The highest BCUT2D eigenvalue weighted by Crippen LogP contribution is 2.26. The maximum atomic E-state index is 14.0. The lowest BCUT2D eigenvalue weighted by molar-refractivity contribution is -0.140. The van der Waals surface area contributed by atoms with Crippen LogP contribution in [0.5, 0.6) is 0 Å². The molecule has 0 saturated heterocycles. The Morgan fingerprint density at radius 3 is 2.47 bits per heavy atom. The molecule has 11 nitrogen and oxygen atoms in total. The Kier molecular flexibility index (Phi) is 8.84. The number of aliphatic hydroxyl groups is 3. The highest BCUT2D eigenvalue weighted by molar-refractivity contribution is 5.92. The Hall–Kier alpha value is -3.36. The van der Waals surface area contributed by atoms with Crippen molar-refractivity contribution in [3.63, 3.8) is 0 Å². The van der Waals surface area contributed by atoms with Crippen molar-refractivity contribution in [3.05, 3.63) is 47.0 Å². The number of carbonyl (C=O) groups is 2. The molecule has 0 fully saturated rings. The van der Waals surface area contributed by atoms with Gasteiger partial charge in [0.1, 0.15) is 24.1 Å². The number of aliphatic hydroxyl groups excluding tert-OH is 3. The van der Waals surface area contributed by atoms with Crippen LogP contribution in [0.15, 0.2) is 29.0 Å². The van der Waals surface area contributed by atoms with Crippen LogP contribution in [0.2, 0.25) is 0 Å². The number of ether oxygens (including phenoxy) is 1. The molecule has 5 atom stereocenters. The molecule has 0 saturated carbocycles. The maximum Gasteiger partial charge on any atom is 0.288 e. The van der Waals surface area contributed by atoms with E-state index in [1.54, 1.807) is 0 Å². The Morgan fingerprint density at radius 2 is 1.91 bits per heavy atom. The van der Waals surface area contributed by atoms with Crippen molar-refractivity contribution in [2.75, 3.05) is 13.7 Å². The van der Waals surface area contributed by atoms with Crippen LogP contribution in [0, 0.1) is 17.5 Å². The van der Waals surface area contributed by atoms with Gasteiger partial charge in [-0.2, -0.15) is 0 Å². The van der Waals surface area contributed by atoms with Crippen molar-refractivity contribution in [3.8, 4) is 0 Å². The van der Waals surface area contributed by atoms with E-state index in [0.29, 0.717) is 6.07 Å². The predicted molar refractivity (Wildman–Crippen MR) is 112 cm³/mol. The smallest absolute Gasteiger partial charge is 0.288 e. The van der Waals surface area contributed by atoms with E-state index >= 15 is 0 Å². The highest BCUT2D eigenvalue weighted by Gasteiger charge is 2.44. The fourth-order valence-corrected chi connectivity index (χ4v) is 3.37. The zero-order valence-electron chi connectivity index (χ0n) is 18.3. The summed E-state index contributed by atoms with van der Waals surface area (Å²) >= 11 is 0. The lowest BCUT2D eigenvalue weighted by Crippen LogP contribution is -2.60. The molecule has 188 valence electrons. The van der Waals surface area contributed by atoms with Gasteiger partial charge in [-0.1, -0.05) is 0 Å². The summed E-state index contributed by atoms with van der Waals surface area (Å²) in [5, 5.41) is 32.0. The molecule has 0 radical (unpaired) electrons. The molecule has 0 aromatic heterocycles. The molecule has 2 amide bonds. The van der Waals surface area contributed by atoms with E-state index in [0.717, 1.165) is 24.0 Å². The summed E-state index contributed by atoms with van der Waals surface area (Å²) < 4.78 is 46.6. The normalized spacial score (nSPS) is 21.5. The second-order valence-corrected chi connectivity index (χ2v) is 7.65. The van der Waals surface area contributed by atoms with Gasteiger partial charge in [-0.25, -0.2) is 18.2 Å². The Labute approximate surface area is 192 Å². The van der Waals surface area contributed by atoms with Gasteiger partial charge in [0.05, 0.1) is 18.7 Å². The van der Waals surface area contributed by atoms with E-state index in [2.05, 4.69) is 10.3 Å². The standard InChI is InChI=1S/C20H26F3N5O6/c1-8(30)26-16-12(27-20(24)25)5-14(34-18(16)17(32)13(31)7-29)19(33)28(2)6-9-3-10(21)4-11(22)15(9)23/h3-5,12-13,16-18,29,31-32H,6-7H2,1-2H3,(H,26,30)(H4,24,25,27)/t12-,13+,16+,17+,18+/m0/s1. The fraction of sp³-hybridized carbons (Fsp3) is 0.450. The van der Waals surface area contributed by atoms with E-state index in [-0.39, 0.29) is 0 Å². The number of nitrogens with one attached hydrogen (secondary N) is 1. The minimum Gasteiger partial charge on any atom is -0.480 e. The Balaban J connectivity index is 2.43. The van der Waals surface area contributed by atoms with Crippen molar-refractivity contribution in [2.24, 2.45) is 16.5 Å². The second-order valence-electron chi connectivity index (χ2n) is 7.65.